The van der Waals surface area contributed by atoms with Crippen LogP contribution in [0.2, 0.25) is 0 Å². The Hall–Kier alpha value is -1.83. The molecule has 166 valence electrons. The summed E-state index contributed by atoms with van der Waals surface area (Å²) in [5.74, 6) is 1.13. The minimum Gasteiger partial charge on any atom is -0.342 e. The quantitative estimate of drug-likeness (QED) is 0.756. The second kappa shape index (κ2) is 8.96. The molecule has 4 unspecified atom stereocenters. The molecule has 6 nitrogen and oxygen atoms in total. The number of nitrogens with one attached hydrogen (secondary N) is 2. The Morgan fingerprint density at radius 3 is 2.65 bits per heavy atom. The third-order valence-corrected chi connectivity index (χ3v) is 8.39. The van der Waals surface area contributed by atoms with E-state index in [1.165, 1.54) is 5.57 Å². The van der Waals surface area contributed by atoms with Gasteiger partial charge >= 0.3 is 0 Å². The summed E-state index contributed by atoms with van der Waals surface area (Å²) in [6.45, 7) is 5.65. The minimum atomic E-state index is -0.225. The number of fused-ring (bicyclic) bond motifs is 1. The van der Waals surface area contributed by atoms with Crippen molar-refractivity contribution in [2.45, 2.75) is 50.2 Å². The number of benzene rings is 1. The fourth-order valence-electron chi connectivity index (χ4n) is 5.29. The van der Waals surface area contributed by atoms with E-state index >= 15 is 0 Å². The topological polar surface area (TPSA) is 64.7 Å². The highest BCUT2D eigenvalue weighted by atomic mass is 32.2. The van der Waals surface area contributed by atoms with Crippen LogP contribution in [0.25, 0.3) is 5.57 Å². The van der Waals surface area contributed by atoms with E-state index in [0.717, 1.165) is 56.8 Å². The maximum atomic E-state index is 13.2. The molecule has 5 rings (SSSR count). The summed E-state index contributed by atoms with van der Waals surface area (Å²) < 4.78 is 0. The Balaban J connectivity index is 1.26. The summed E-state index contributed by atoms with van der Waals surface area (Å²) in [5.41, 5.74) is 2.34. The molecule has 4 heterocycles. The fourth-order valence-corrected chi connectivity index (χ4v) is 6.43. The standard InChI is InChI=1S/C24H32N4O2S/c1-16-9-12-27(13-10-16)23(30)18-8-5-11-28(14-18)24-25-20-19(17-6-3-2-4-7-17)15-31-21(20)22(29)26-24/h2-4,6-7,15-16,18,20-21,24-25H,5,8-14H2,1H3,(H,26,29). The van der Waals surface area contributed by atoms with E-state index in [0.29, 0.717) is 12.5 Å². The zero-order chi connectivity index (χ0) is 21.4. The Bertz CT molecular complexity index is 852. The van der Waals surface area contributed by atoms with Gasteiger partial charge in [0, 0.05) is 26.2 Å². The predicted octanol–water partition coefficient (Wildman–Crippen LogP) is 2.49. The molecule has 0 aliphatic carbocycles. The summed E-state index contributed by atoms with van der Waals surface area (Å²) >= 11 is 1.59. The van der Waals surface area contributed by atoms with Crippen LogP contribution in [-0.4, -0.2) is 65.4 Å². The molecule has 0 aromatic heterocycles. The molecular formula is C24H32N4O2S. The van der Waals surface area contributed by atoms with Crippen molar-refractivity contribution in [2.24, 2.45) is 11.8 Å². The first kappa shape index (κ1) is 21.0. The molecule has 3 fully saturated rings. The first-order chi connectivity index (χ1) is 15.1. The second-order valence-corrected chi connectivity index (χ2v) is 10.4. The molecular weight excluding hydrogens is 408 g/mol. The smallest absolute Gasteiger partial charge is 0.237 e. The first-order valence-electron chi connectivity index (χ1n) is 11.6. The van der Waals surface area contributed by atoms with Crippen molar-refractivity contribution in [3.8, 4) is 0 Å². The van der Waals surface area contributed by atoms with Crippen LogP contribution in [0.15, 0.2) is 35.7 Å². The van der Waals surface area contributed by atoms with Crippen molar-refractivity contribution in [2.75, 3.05) is 26.2 Å². The van der Waals surface area contributed by atoms with Crippen molar-refractivity contribution in [3.05, 3.63) is 41.3 Å². The van der Waals surface area contributed by atoms with Crippen LogP contribution in [0.4, 0.5) is 0 Å². The number of hydrogen-bond donors (Lipinski definition) is 2. The van der Waals surface area contributed by atoms with E-state index in [9.17, 15) is 9.59 Å². The van der Waals surface area contributed by atoms with Gasteiger partial charge in [0.1, 0.15) is 11.5 Å². The fraction of sp³-hybridized carbons (Fsp3) is 0.583. The summed E-state index contributed by atoms with van der Waals surface area (Å²) in [6, 6.07) is 10.3. The van der Waals surface area contributed by atoms with Crippen LogP contribution in [0.5, 0.6) is 0 Å². The zero-order valence-electron chi connectivity index (χ0n) is 18.1. The molecule has 7 heteroatoms. The third kappa shape index (κ3) is 4.28. The average molecular weight is 441 g/mol. The summed E-state index contributed by atoms with van der Waals surface area (Å²) in [7, 11) is 0. The Morgan fingerprint density at radius 2 is 1.87 bits per heavy atom. The van der Waals surface area contributed by atoms with E-state index in [1.807, 2.05) is 18.2 Å². The molecule has 2 amide bonds. The molecule has 0 radical (unpaired) electrons. The first-order valence-corrected chi connectivity index (χ1v) is 12.5. The van der Waals surface area contributed by atoms with E-state index < -0.39 is 0 Å². The Morgan fingerprint density at radius 1 is 1.10 bits per heavy atom. The van der Waals surface area contributed by atoms with Gasteiger partial charge in [0.05, 0.1) is 12.0 Å². The number of hydrogen-bond acceptors (Lipinski definition) is 5. The predicted molar refractivity (Wildman–Crippen MR) is 124 cm³/mol. The van der Waals surface area contributed by atoms with Crippen LogP contribution in [0.1, 0.15) is 38.2 Å². The largest absolute Gasteiger partial charge is 0.342 e. The molecule has 4 aliphatic rings. The molecule has 4 atom stereocenters. The van der Waals surface area contributed by atoms with Crippen LogP contribution in [0, 0.1) is 11.8 Å². The molecule has 31 heavy (non-hydrogen) atoms. The number of rotatable bonds is 3. The van der Waals surface area contributed by atoms with Crippen molar-refractivity contribution < 1.29 is 9.59 Å². The highest BCUT2D eigenvalue weighted by Gasteiger charge is 2.44. The van der Waals surface area contributed by atoms with Crippen molar-refractivity contribution in [1.82, 2.24) is 20.4 Å². The van der Waals surface area contributed by atoms with Gasteiger partial charge in [0.25, 0.3) is 0 Å². The lowest BCUT2D eigenvalue weighted by Crippen LogP contribution is -2.69. The van der Waals surface area contributed by atoms with Gasteiger partial charge in [-0.2, -0.15) is 0 Å². The number of nitrogens with zero attached hydrogens (tertiary/aromatic N) is 2. The highest BCUT2D eigenvalue weighted by Crippen LogP contribution is 2.38. The summed E-state index contributed by atoms with van der Waals surface area (Å²) in [5, 5.41) is 8.85. The number of thioether (sulfide) groups is 1. The van der Waals surface area contributed by atoms with Gasteiger partial charge in [0.2, 0.25) is 11.8 Å². The SMILES string of the molecule is CC1CCN(C(=O)C2CCCN(C3NC(=O)C4SC=C(c5ccccc5)C4N3)C2)CC1. The number of amides is 2. The highest BCUT2D eigenvalue weighted by molar-refractivity contribution is 8.04. The van der Waals surface area contributed by atoms with Gasteiger partial charge < -0.3 is 10.2 Å². The van der Waals surface area contributed by atoms with Crippen molar-refractivity contribution in [3.63, 3.8) is 0 Å². The molecule has 3 saturated heterocycles. The Labute approximate surface area is 188 Å². The van der Waals surface area contributed by atoms with Crippen LogP contribution in [-0.2, 0) is 9.59 Å². The van der Waals surface area contributed by atoms with E-state index in [-0.39, 0.29) is 29.4 Å². The van der Waals surface area contributed by atoms with Crippen LogP contribution >= 0.6 is 11.8 Å². The molecule has 2 N–H and O–H groups in total. The lowest BCUT2D eigenvalue weighted by molar-refractivity contribution is -0.139. The minimum absolute atomic E-state index is 0.00851. The summed E-state index contributed by atoms with van der Waals surface area (Å²) in [6.07, 6.45) is 3.92. The van der Waals surface area contributed by atoms with Gasteiger partial charge in [-0.15, -0.1) is 11.8 Å². The molecule has 1 aromatic carbocycles. The second-order valence-electron chi connectivity index (χ2n) is 9.39. The van der Waals surface area contributed by atoms with Gasteiger partial charge in [-0.1, -0.05) is 37.3 Å². The molecule has 0 spiro atoms. The van der Waals surface area contributed by atoms with E-state index in [2.05, 4.69) is 44.9 Å². The number of carbonyl (C=O) groups excluding carboxylic acids is 2. The zero-order valence-corrected chi connectivity index (χ0v) is 18.9. The van der Waals surface area contributed by atoms with E-state index in [4.69, 9.17) is 0 Å². The number of carbonyl (C=O) groups is 2. The normalized spacial score (nSPS) is 32.4. The maximum Gasteiger partial charge on any atom is 0.237 e. The van der Waals surface area contributed by atoms with Gasteiger partial charge in [-0.05, 0) is 48.1 Å². The summed E-state index contributed by atoms with van der Waals surface area (Å²) in [4.78, 5) is 30.4. The number of piperidine rings is 2. The van der Waals surface area contributed by atoms with E-state index in [1.54, 1.807) is 11.8 Å². The lowest BCUT2D eigenvalue weighted by atomic mass is 9.93. The maximum absolute atomic E-state index is 13.2. The molecule has 0 saturated carbocycles. The molecule has 4 aliphatic heterocycles. The van der Waals surface area contributed by atoms with Gasteiger partial charge in [-0.25, -0.2) is 0 Å². The van der Waals surface area contributed by atoms with Crippen LogP contribution < -0.4 is 10.6 Å². The number of likely N-dealkylation sites (tertiary alicyclic amines) is 2. The molecule has 0 bridgehead atoms. The van der Waals surface area contributed by atoms with Crippen LogP contribution in [0.3, 0.4) is 0 Å². The third-order valence-electron chi connectivity index (χ3n) is 7.22. The Kier molecular flexibility index (Phi) is 6.08. The van der Waals surface area contributed by atoms with Crippen molar-refractivity contribution in [1.29, 1.82) is 0 Å². The molecule has 1 aromatic rings. The van der Waals surface area contributed by atoms with Gasteiger partial charge in [0.15, 0.2) is 0 Å². The van der Waals surface area contributed by atoms with Gasteiger partial charge in [-0.3, -0.25) is 19.8 Å². The van der Waals surface area contributed by atoms with Crippen molar-refractivity contribution >= 4 is 29.1 Å². The monoisotopic (exact) mass is 440 g/mol. The lowest BCUT2D eigenvalue weighted by Gasteiger charge is -2.44. The average Bonchev–Trinajstić information content (AvgIpc) is 3.24.